The molecule has 0 N–H and O–H groups in total. The number of esters is 2. The van der Waals surface area contributed by atoms with Crippen molar-refractivity contribution in [1.29, 1.82) is 0 Å². The number of ether oxygens (including phenoxy) is 5. The van der Waals surface area contributed by atoms with Crippen molar-refractivity contribution in [3.8, 4) is 0 Å². The van der Waals surface area contributed by atoms with E-state index in [1.807, 2.05) is 30.3 Å². The molecule has 2 aromatic carbocycles. The minimum Gasteiger partial charge on any atom is -0.466 e. The molecule has 0 amide bonds. The molecule has 0 aromatic heterocycles. The number of hydrogen-bond donors (Lipinski definition) is 0. The Morgan fingerprint density at radius 2 is 1.69 bits per heavy atom. The fraction of sp³-hybridized carbons (Fsp3) is 0.364. The molecule has 3 rings (SSSR count). The molecule has 154 valence electrons. The normalized spacial score (nSPS) is 22.1. The Labute approximate surface area is 169 Å². The molecule has 1 fully saturated rings. The van der Waals surface area contributed by atoms with Gasteiger partial charge in [0.15, 0.2) is 6.29 Å². The van der Waals surface area contributed by atoms with Crippen molar-refractivity contribution in [2.24, 2.45) is 0 Å². The molecule has 7 heteroatoms. The smallest absolute Gasteiger partial charge is 0.349 e. The summed E-state index contributed by atoms with van der Waals surface area (Å²) in [6.07, 6.45) is -2.77. The molecule has 0 bridgehead atoms. The molecule has 0 saturated carbocycles. The molecule has 0 aliphatic carbocycles. The number of benzene rings is 2. The quantitative estimate of drug-likeness (QED) is 0.630. The molecule has 1 saturated heterocycles. The second-order valence-electron chi connectivity index (χ2n) is 6.56. The van der Waals surface area contributed by atoms with Crippen LogP contribution in [0.4, 0.5) is 0 Å². The lowest BCUT2D eigenvalue weighted by Crippen LogP contribution is -2.39. The van der Waals surface area contributed by atoms with Gasteiger partial charge in [-0.05, 0) is 17.7 Å². The van der Waals surface area contributed by atoms with Gasteiger partial charge in [0.25, 0.3) is 0 Å². The molecule has 29 heavy (non-hydrogen) atoms. The Kier molecular flexibility index (Phi) is 7.35. The van der Waals surface area contributed by atoms with Gasteiger partial charge in [0.1, 0.15) is 12.2 Å². The number of carbonyl (C=O) groups is 2. The third-order valence-corrected chi connectivity index (χ3v) is 4.63. The second-order valence-corrected chi connectivity index (χ2v) is 6.56. The van der Waals surface area contributed by atoms with Crippen molar-refractivity contribution in [3.63, 3.8) is 0 Å². The lowest BCUT2D eigenvalue weighted by molar-refractivity contribution is -0.184. The topological polar surface area (TPSA) is 80.3 Å². The van der Waals surface area contributed by atoms with E-state index >= 15 is 0 Å². The molecule has 7 nitrogen and oxygen atoms in total. The Morgan fingerprint density at radius 1 is 1.03 bits per heavy atom. The Morgan fingerprint density at radius 3 is 2.31 bits per heavy atom. The first kappa shape index (κ1) is 21.0. The maximum Gasteiger partial charge on any atom is 0.349 e. The highest BCUT2D eigenvalue weighted by Crippen LogP contribution is 2.29. The van der Waals surface area contributed by atoms with Crippen molar-refractivity contribution >= 4 is 11.9 Å². The summed E-state index contributed by atoms with van der Waals surface area (Å²) >= 11 is 0. The van der Waals surface area contributed by atoms with Crippen LogP contribution in [0.5, 0.6) is 0 Å². The van der Waals surface area contributed by atoms with Crippen LogP contribution >= 0.6 is 0 Å². The molecule has 2 aromatic rings. The van der Waals surface area contributed by atoms with Gasteiger partial charge in [-0.25, -0.2) is 9.59 Å². The van der Waals surface area contributed by atoms with Crippen LogP contribution in [0, 0.1) is 0 Å². The Bertz CT molecular complexity index is 793. The van der Waals surface area contributed by atoms with Gasteiger partial charge in [0, 0.05) is 13.5 Å². The summed E-state index contributed by atoms with van der Waals surface area (Å²) in [5.41, 5.74) is 1.34. The van der Waals surface area contributed by atoms with Gasteiger partial charge in [0.05, 0.1) is 19.3 Å². The van der Waals surface area contributed by atoms with Gasteiger partial charge >= 0.3 is 11.9 Å². The van der Waals surface area contributed by atoms with Crippen molar-refractivity contribution in [1.82, 2.24) is 0 Å². The van der Waals surface area contributed by atoms with Crippen LogP contribution in [0.15, 0.2) is 60.7 Å². The average Bonchev–Trinajstić information content (AvgIpc) is 3.19. The first-order valence-corrected chi connectivity index (χ1v) is 9.30. The zero-order valence-electron chi connectivity index (χ0n) is 16.4. The monoisotopic (exact) mass is 400 g/mol. The molecule has 0 spiro atoms. The molecule has 1 aliphatic rings. The largest absolute Gasteiger partial charge is 0.466 e. The number of hydrogen-bond acceptors (Lipinski definition) is 7. The van der Waals surface area contributed by atoms with Gasteiger partial charge in [0.2, 0.25) is 6.10 Å². The van der Waals surface area contributed by atoms with E-state index in [-0.39, 0.29) is 0 Å². The third kappa shape index (κ3) is 5.41. The highest BCUT2D eigenvalue weighted by molar-refractivity contribution is 5.91. The fourth-order valence-corrected chi connectivity index (χ4v) is 3.13. The van der Waals surface area contributed by atoms with Crippen LogP contribution in [0.2, 0.25) is 0 Å². The van der Waals surface area contributed by atoms with Gasteiger partial charge in [-0.1, -0.05) is 48.5 Å². The summed E-state index contributed by atoms with van der Waals surface area (Å²) in [6.45, 7) is 0.369. The predicted molar refractivity (Wildman–Crippen MR) is 103 cm³/mol. The molecule has 1 aliphatic heterocycles. The van der Waals surface area contributed by atoms with Crippen LogP contribution in [0.3, 0.4) is 0 Å². The van der Waals surface area contributed by atoms with E-state index < -0.39 is 36.5 Å². The van der Waals surface area contributed by atoms with Crippen molar-refractivity contribution in [2.75, 3.05) is 14.2 Å². The van der Waals surface area contributed by atoms with E-state index in [0.717, 1.165) is 5.56 Å². The minimum atomic E-state index is -1.23. The molecular weight excluding hydrogens is 376 g/mol. The Balaban J connectivity index is 1.67. The van der Waals surface area contributed by atoms with Gasteiger partial charge in [-0.15, -0.1) is 0 Å². The van der Waals surface area contributed by atoms with E-state index in [9.17, 15) is 9.59 Å². The van der Waals surface area contributed by atoms with Crippen molar-refractivity contribution in [2.45, 2.75) is 37.6 Å². The van der Waals surface area contributed by atoms with Crippen LogP contribution in [-0.4, -0.2) is 50.8 Å². The molecular formula is C22H24O7. The highest BCUT2D eigenvalue weighted by Gasteiger charge is 2.45. The van der Waals surface area contributed by atoms with Crippen LogP contribution < -0.4 is 0 Å². The Hall–Kier alpha value is -2.74. The minimum absolute atomic E-state index is 0.313. The fourth-order valence-electron chi connectivity index (χ4n) is 3.13. The zero-order valence-corrected chi connectivity index (χ0v) is 16.4. The first-order valence-electron chi connectivity index (χ1n) is 9.30. The summed E-state index contributed by atoms with van der Waals surface area (Å²) in [5.74, 6) is -1.33. The van der Waals surface area contributed by atoms with Gasteiger partial charge in [-0.2, -0.15) is 0 Å². The zero-order chi connectivity index (χ0) is 20.6. The van der Waals surface area contributed by atoms with Crippen LogP contribution in [0.1, 0.15) is 22.3 Å². The molecule has 4 atom stereocenters. The van der Waals surface area contributed by atoms with Crippen molar-refractivity contribution < 1.29 is 33.3 Å². The first-order chi connectivity index (χ1) is 14.1. The average molecular weight is 400 g/mol. The maximum atomic E-state index is 12.4. The molecule has 0 radical (unpaired) electrons. The lowest BCUT2D eigenvalue weighted by Gasteiger charge is -2.21. The number of rotatable bonds is 8. The maximum absolute atomic E-state index is 12.4. The van der Waals surface area contributed by atoms with Crippen LogP contribution in [0.25, 0.3) is 0 Å². The summed E-state index contributed by atoms with van der Waals surface area (Å²) in [5, 5.41) is 0. The van der Waals surface area contributed by atoms with Crippen molar-refractivity contribution in [3.05, 3.63) is 71.8 Å². The van der Waals surface area contributed by atoms with Gasteiger partial charge < -0.3 is 23.7 Å². The van der Waals surface area contributed by atoms with E-state index in [2.05, 4.69) is 0 Å². The van der Waals surface area contributed by atoms with Crippen LogP contribution in [-0.2, 0) is 35.1 Å². The molecule has 0 unspecified atom stereocenters. The summed E-state index contributed by atoms with van der Waals surface area (Å²) in [6, 6.07) is 18.1. The van der Waals surface area contributed by atoms with Gasteiger partial charge in [-0.3, -0.25) is 0 Å². The number of methoxy groups -OCH3 is 2. The SMILES string of the molecule is COC(=O)[C@H](OC(=O)c1ccccc1)[C@@H]1C[C@H](OCc2ccccc2)[C@@H](OC)O1. The highest BCUT2D eigenvalue weighted by atomic mass is 16.7. The predicted octanol–water partition coefficient (Wildman–Crippen LogP) is 2.73. The summed E-state index contributed by atoms with van der Waals surface area (Å²) in [4.78, 5) is 24.7. The molecule has 1 heterocycles. The standard InChI is InChI=1S/C22H24O7/c1-25-21(24)19(29-20(23)16-11-7-4-8-12-16)17-13-18(22(26-2)28-17)27-14-15-9-5-3-6-10-15/h3-12,17-19,22H,13-14H2,1-2H3/t17-,18-,19+,22-/m0/s1. The van der Waals surface area contributed by atoms with E-state index in [0.29, 0.717) is 18.6 Å². The second kappa shape index (κ2) is 10.2. The lowest BCUT2D eigenvalue weighted by atomic mass is 10.1. The van der Waals surface area contributed by atoms with E-state index in [1.165, 1.54) is 14.2 Å². The summed E-state index contributed by atoms with van der Waals surface area (Å²) in [7, 11) is 2.73. The number of carbonyl (C=O) groups excluding carboxylic acids is 2. The third-order valence-electron chi connectivity index (χ3n) is 4.63. The van der Waals surface area contributed by atoms with E-state index in [4.69, 9.17) is 23.7 Å². The summed E-state index contributed by atoms with van der Waals surface area (Å²) < 4.78 is 27.3. The van der Waals surface area contributed by atoms with E-state index in [1.54, 1.807) is 30.3 Å².